The van der Waals surface area contributed by atoms with E-state index in [0.29, 0.717) is 6.54 Å². The van der Waals surface area contributed by atoms with Crippen LogP contribution < -0.4 is 5.32 Å². The normalized spacial score (nSPS) is 20.4. The van der Waals surface area contributed by atoms with Crippen molar-refractivity contribution < 1.29 is 13.9 Å². The number of benzene rings is 2. The molecule has 1 atom stereocenters. The second-order valence-corrected chi connectivity index (χ2v) is 8.48. The minimum Gasteiger partial charge on any atom is -0.362 e. The lowest BCUT2D eigenvalue weighted by Gasteiger charge is -2.42. The lowest BCUT2D eigenvalue weighted by atomic mass is 9.87. The second-order valence-electron chi connectivity index (χ2n) is 8.48. The van der Waals surface area contributed by atoms with E-state index in [1.54, 1.807) is 12.1 Å². The molecule has 2 heterocycles. The number of piperidine rings is 1. The fourth-order valence-corrected chi connectivity index (χ4v) is 4.52. The van der Waals surface area contributed by atoms with Crippen LogP contribution in [-0.2, 0) is 16.0 Å². The van der Waals surface area contributed by atoms with Gasteiger partial charge in [0.1, 0.15) is 11.4 Å². The number of carbonyl (C=O) groups is 1. The zero-order chi connectivity index (χ0) is 20.4. The summed E-state index contributed by atoms with van der Waals surface area (Å²) in [5.41, 5.74) is 2.36. The van der Waals surface area contributed by atoms with Crippen molar-refractivity contribution in [1.82, 2.24) is 10.2 Å². The van der Waals surface area contributed by atoms with Gasteiger partial charge in [0, 0.05) is 6.54 Å². The van der Waals surface area contributed by atoms with Crippen LogP contribution in [0.5, 0.6) is 0 Å². The first-order valence-electron chi connectivity index (χ1n) is 10.5. The van der Waals surface area contributed by atoms with Gasteiger partial charge in [-0.25, -0.2) is 4.39 Å². The van der Waals surface area contributed by atoms with Gasteiger partial charge in [-0.05, 0) is 75.0 Å². The van der Waals surface area contributed by atoms with Crippen LogP contribution in [0, 0.1) is 5.82 Å². The number of hydrogen-bond donors (Lipinski definition) is 1. The maximum atomic E-state index is 13.7. The maximum absolute atomic E-state index is 13.7. The summed E-state index contributed by atoms with van der Waals surface area (Å²) in [5.74, 6) is -0.287. The number of carbonyl (C=O) groups excluding carboxylic acids is 1. The average Bonchev–Trinajstić information content (AvgIpc) is 2.73. The van der Waals surface area contributed by atoms with Crippen LogP contribution in [0.2, 0.25) is 0 Å². The van der Waals surface area contributed by atoms with Gasteiger partial charge in [0.2, 0.25) is 0 Å². The van der Waals surface area contributed by atoms with E-state index in [1.165, 1.54) is 17.7 Å². The molecule has 0 bridgehead atoms. The van der Waals surface area contributed by atoms with E-state index in [2.05, 4.69) is 17.4 Å². The molecule has 4 nitrogen and oxygen atoms in total. The Labute approximate surface area is 172 Å². The summed E-state index contributed by atoms with van der Waals surface area (Å²) in [4.78, 5) is 15.6. The molecule has 1 amide bonds. The summed E-state index contributed by atoms with van der Waals surface area (Å²) >= 11 is 0. The quantitative estimate of drug-likeness (QED) is 0.854. The molecule has 2 aliphatic heterocycles. The summed E-state index contributed by atoms with van der Waals surface area (Å²) in [6.45, 7) is 6.21. The zero-order valence-corrected chi connectivity index (χ0v) is 17.2. The van der Waals surface area contributed by atoms with E-state index in [-0.39, 0.29) is 23.9 Å². The van der Waals surface area contributed by atoms with Crippen LogP contribution in [0.25, 0.3) is 0 Å². The average molecular weight is 397 g/mol. The first-order chi connectivity index (χ1) is 14.0. The number of fused-ring (bicyclic) bond motifs is 1. The van der Waals surface area contributed by atoms with Crippen LogP contribution in [0.1, 0.15) is 49.4 Å². The number of nitrogens with zero attached hydrogens (tertiary/aromatic N) is 1. The molecule has 0 unspecified atom stereocenters. The second kappa shape index (κ2) is 8.25. The maximum Gasteiger partial charge on any atom is 0.255 e. The Bertz CT molecular complexity index is 859. The predicted octanol–water partition coefficient (Wildman–Crippen LogP) is 3.85. The summed E-state index contributed by atoms with van der Waals surface area (Å²) in [6.07, 6.45) is 2.74. The Morgan fingerprint density at radius 1 is 1.10 bits per heavy atom. The fraction of sp³-hybridized carbons (Fsp3) is 0.458. The van der Waals surface area contributed by atoms with Crippen molar-refractivity contribution in [2.45, 2.75) is 50.9 Å². The van der Waals surface area contributed by atoms with Crippen LogP contribution in [-0.4, -0.2) is 42.1 Å². The molecular weight excluding hydrogens is 367 g/mol. The van der Waals surface area contributed by atoms with Crippen LogP contribution >= 0.6 is 0 Å². The summed E-state index contributed by atoms with van der Waals surface area (Å²) < 4.78 is 19.8. The van der Waals surface area contributed by atoms with Crippen molar-refractivity contribution in [3.63, 3.8) is 0 Å². The molecular formula is C24H29FN2O2. The number of ether oxygens (including phenoxy) is 1. The molecule has 1 saturated heterocycles. The third-order valence-electron chi connectivity index (χ3n) is 5.99. The van der Waals surface area contributed by atoms with Crippen molar-refractivity contribution in [2.24, 2.45) is 0 Å². The molecule has 0 spiro atoms. The number of hydrogen-bond acceptors (Lipinski definition) is 3. The van der Waals surface area contributed by atoms with Gasteiger partial charge in [0.05, 0.1) is 12.1 Å². The van der Waals surface area contributed by atoms with Crippen LogP contribution in [0.3, 0.4) is 0 Å². The highest BCUT2D eigenvalue weighted by Crippen LogP contribution is 2.37. The van der Waals surface area contributed by atoms with E-state index in [4.69, 9.17) is 4.74 Å². The molecule has 0 radical (unpaired) electrons. The van der Waals surface area contributed by atoms with Crippen LogP contribution in [0.4, 0.5) is 4.39 Å². The summed E-state index contributed by atoms with van der Waals surface area (Å²) in [5, 5.41) is 3.33. The van der Waals surface area contributed by atoms with Gasteiger partial charge in [-0.1, -0.05) is 36.4 Å². The minimum atomic E-state index is -0.910. The molecule has 2 aliphatic rings. The van der Waals surface area contributed by atoms with E-state index < -0.39 is 5.60 Å². The van der Waals surface area contributed by atoms with Gasteiger partial charge < -0.3 is 15.0 Å². The fourth-order valence-electron chi connectivity index (χ4n) is 4.52. The number of rotatable bonds is 4. The van der Waals surface area contributed by atoms with Gasteiger partial charge in [-0.3, -0.25) is 4.79 Å². The summed E-state index contributed by atoms with van der Waals surface area (Å²) in [6, 6.07) is 14.5. The van der Waals surface area contributed by atoms with E-state index in [0.717, 1.165) is 43.5 Å². The molecule has 0 aliphatic carbocycles. The Morgan fingerprint density at radius 2 is 1.79 bits per heavy atom. The molecule has 5 heteroatoms. The first kappa shape index (κ1) is 20.0. The number of nitrogens with one attached hydrogen (secondary N) is 1. The van der Waals surface area contributed by atoms with Gasteiger partial charge in [-0.15, -0.1) is 0 Å². The topological polar surface area (TPSA) is 41.6 Å². The highest BCUT2D eigenvalue weighted by Gasteiger charge is 2.41. The predicted molar refractivity (Wildman–Crippen MR) is 111 cm³/mol. The highest BCUT2D eigenvalue weighted by molar-refractivity contribution is 5.85. The third-order valence-corrected chi connectivity index (χ3v) is 5.99. The molecule has 0 aromatic heterocycles. The van der Waals surface area contributed by atoms with Crippen LogP contribution in [0.15, 0.2) is 48.5 Å². The summed E-state index contributed by atoms with van der Waals surface area (Å²) in [7, 11) is 0. The molecule has 2 aromatic carbocycles. The Kier molecular flexibility index (Phi) is 5.70. The molecule has 154 valence electrons. The molecule has 0 saturated carbocycles. The standard InChI is InChI=1S/C24H29FN2O2/c1-24(2,29-20-11-14-26-15-12-20)23(28)27-16-13-17-5-3-4-6-21(17)22(27)18-7-9-19(25)10-8-18/h3-10,20,22,26H,11-16H2,1-2H3/t22-/m0/s1. The lowest BCUT2D eigenvalue weighted by Crippen LogP contribution is -2.52. The monoisotopic (exact) mass is 396 g/mol. The molecule has 4 rings (SSSR count). The highest BCUT2D eigenvalue weighted by atomic mass is 19.1. The SMILES string of the molecule is CC(C)(OC1CCNCC1)C(=O)N1CCc2ccccc2[C@@H]1c1ccc(F)cc1. The van der Waals surface area contributed by atoms with Gasteiger partial charge in [-0.2, -0.15) is 0 Å². The Balaban J connectivity index is 1.65. The van der Waals surface area contributed by atoms with Gasteiger partial charge in [0.15, 0.2) is 0 Å². The number of amides is 1. The van der Waals surface area contributed by atoms with E-state index in [9.17, 15) is 9.18 Å². The minimum absolute atomic E-state index is 0.0140. The Morgan fingerprint density at radius 3 is 2.52 bits per heavy atom. The molecule has 2 aromatic rings. The smallest absolute Gasteiger partial charge is 0.255 e. The van der Waals surface area contributed by atoms with Crippen molar-refractivity contribution in [3.8, 4) is 0 Å². The molecule has 1 fully saturated rings. The zero-order valence-electron chi connectivity index (χ0n) is 17.2. The third kappa shape index (κ3) is 4.21. The molecule has 1 N–H and O–H groups in total. The lowest BCUT2D eigenvalue weighted by molar-refractivity contribution is -0.165. The largest absolute Gasteiger partial charge is 0.362 e. The van der Waals surface area contributed by atoms with Crippen molar-refractivity contribution in [3.05, 3.63) is 71.0 Å². The van der Waals surface area contributed by atoms with Crippen molar-refractivity contribution in [1.29, 1.82) is 0 Å². The van der Waals surface area contributed by atoms with Crippen molar-refractivity contribution in [2.75, 3.05) is 19.6 Å². The van der Waals surface area contributed by atoms with E-state index in [1.807, 2.05) is 30.9 Å². The van der Waals surface area contributed by atoms with Gasteiger partial charge in [0.25, 0.3) is 5.91 Å². The van der Waals surface area contributed by atoms with E-state index >= 15 is 0 Å². The van der Waals surface area contributed by atoms with Gasteiger partial charge >= 0.3 is 0 Å². The Hall–Kier alpha value is -2.24. The first-order valence-corrected chi connectivity index (χ1v) is 10.5. The number of halogens is 1. The molecule has 29 heavy (non-hydrogen) atoms. The van der Waals surface area contributed by atoms with Crippen molar-refractivity contribution >= 4 is 5.91 Å².